The van der Waals surface area contributed by atoms with Gasteiger partial charge in [0, 0.05) is 5.69 Å². The van der Waals surface area contributed by atoms with Gasteiger partial charge in [-0.15, -0.1) is 0 Å². The molecule has 27 heavy (non-hydrogen) atoms. The average Bonchev–Trinajstić information content (AvgIpc) is 2.68. The lowest BCUT2D eigenvalue weighted by molar-refractivity contribution is 0.102. The summed E-state index contributed by atoms with van der Waals surface area (Å²) < 4.78 is 44.9. The zero-order valence-electron chi connectivity index (χ0n) is 14.1. The number of amides is 1. The van der Waals surface area contributed by atoms with Gasteiger partial charge in [0.05, 0.1) is 24.6 Å². The van der Waals surface area contributed by atoms with Gasteiger partial charge in [-0.2, -0.15) is 0 Å². The lowest BCUT2D eigenvalue weighted by Gasteiger charge is -2.09. The van der Waals surface area contributed by atoms with Crippen LogP contribution in [0, 0.1) is 17.5 Å². The minimum atomic E-state index is -1.70. The van der Waals surface area contributed by atoms with E-state index in [1.807, 2.05) is 12.1 Å². The number of aromatic nitrogens is 1. The van der Waals surface area contributed by atoms with Crippen molar-refractivity contribution < 1.29 is 22.7 Å². The van der Waals surface area contributed by atoms with Crippen LogP contribution in [0.4, 0.5) is 30.4 Å². The van der Waals surface area contributed by atoms with Gasteiger partial charge < -0.3 is 15.4 Å². The van der Waals surface area contributed by atoms with Gasteiger partial charge in [0.2, 0.25) is 0 Å². The highest BCUT2D eigenvalue weighted by atomic mass is 19.2. The Kier molecular flexibility index (Phi) is 5.25. The molecule has 8 heteroatoms. The molecule has 0 atom stereocenters. The topological polar surface area (TPSA) is 63.2 Å². The normalized spacial score (nSPS) is 10.4. The van der Waals surface area contributed by atoms with Crippen molar-refractivity contribution in [1.82, 2.24) is 4.98 Å². The second kappa shape index (κ2) is 7.77. The summed E-state index contributed by atoms with van der Waals surface area (Å²) in [5.41, 5.74) is 0.839. The molecule has 0 saturated carbocycles. The van der Waals surface area contributed by atoms with Gasteiger partial charge in [-0.25, -0.2) is 18.2 Å². The van der Waals surface area contributed by atoms with Crippen molar-refractivity contribution >= 4 is 23.1 Å². The van der Waals surface area contributed by atoms with Crippen molar-refractivity contribution in [3.63, 3.8) is 0 Å². The van der Waals surface area contributed by atoms with E-state index in [1.54, 1.807) is 25.3 Å². The number of rotatable bonds is 5. The predicted octanol–water partition coefficient (Wildman–Crippen LogP) is 4.50. The summed E-state index contributed by atoms with van der Waals surface area (Å²) >= 11 is 0. The standard InChI is InChI=1S/C19H14F3N3O2/c1-27-13-5-2-11(3-6-13)24-12-4-9-16(23-10-12)25-19(26)14-7-8-15(20)18(22)17(14)21/h2-10,24H,1H3,(H,23,25,26). The number of hydrogen-bond acceptors (Lipinski definition) is 4. The molecule has 0 bridgehead atoms. The first-order chi connectivity index (χ1) is 13.0. The number of ether oxygens (including phenoxy) is 1. The molecule has 1 amide bonds. The molecule has 5 nitrogen and oxygen atoms in total. The summed E-state index contributed by atoms with van der Waals surface area (Å²) in [6.07, 6.45) is 1.46. The van der Waals surface area contributed by atoms with Crippen LogP contribution in [0.3, 0.4) is 0 Å². The molecule has 0 unspecified atom stereocenters. The lowest BCUT2D eigenvalue weighted by Crippen LogP contribution is -2.16. The van der Waals surface area contributed by atoms with Crippen LogP contribution in [0.15, 0.2) is 54.7 Å². The number of carbonyl (C=O) groups is 1. The molecular formula is C19H14F3N3O2. The number of halogens is 3. The van der Waals surface area contributed by atoms with E-state index < -0.39 is 28.9 Å². The Morgan fingerprint density at radius 3 is 2.26 bits per heavy atom. The molecule has 0 aliphatic carbocycles. The van der Waals surface area contributed by atoms with Gasteiger partial charge in [0.1, 0.15) is 11.6 Å². The van der Waals surface area contributed by atoms with Crippen LogP contribution >= 0.6 is 0 Å². The van der Waals surface area contributed by atoms with Crippen LogP contribution in [0.5, 0.6) is 5.75 Å². The third-order valence-corrected chi connectivity index (χ3v) is 3.66. The van der Waals surface area contributed by atoms with Crippen LogP contribution in [-0.2, 0) is 0 Å². The average molecular weight is 373 g/mol. The summed E-state index contributed by atoms with van der Waals surface area (Å²) in [6.45, 7) is 0. The van der Waals surface area contributed by atoms with Gasteiger partial charge in [-0.1, -0.05) is 0 Å². The summed E-state index contributed by atoms with van der Waals surface area (Å²) in [4.78, 5) is 16.1. The van der Waals surface area contributed by atoms with Crippen LogP contribution < -0.4 is 15.4 Å². The van der Waals surface area contributed by atoms with E-state index in [9.17, 15) is 18.0 Å². The maximum absolute atomic E-state index is 13.7. The minimum absolute atomic E-state index is 0.129. The maximum Gasteiger partial charge on any atom is 0.259 e. The number of benzene rings is 2. The molecule has 0 spiro atoms. The van der Waals surface area contributed by atoms with Gasteiger partial charge in [-0.05, 0) is 48.5 Å². The Bertz CT molecular complexity index is 961. The largest absolute Gasteiger partial charge is 0.497 e. The number of hydrogen-bond donors (Lipinski definition) is 2. The Hall–Kier alpha value is -3.55. The lowest BCUT2D eigenvalue weighted by atomic mass is 10.2. The molecule has 2 aromatic carbocycles. The Labute approximate surface area is 152 Å². The van der Waals surface area contributed by atoms with Crippen LogP contribution in [-0.4, -0.2) is 18.0 Å². The molecule has 0 saturated heterocycles. The summed E-state index contributed by atoms with van der Waals surface area (Å²) in [5.74, 6) is -4.70. The van der Waals surface area contributed by atoms with Gasteiger partial charge in [0.25, 0.3) is 5.91 Å². The molecule has 3 aromatic rings. The molecule has 2 N–H and O–H groups in total. The van der Waals surface area contributed by atoms with E-state index in [1.165, 1.54) is 12.3 Å². The van der Waals surface area contributed by atoms with Gasteiger partial charge in [-0.3, -0.25) is 4.79 Å². The van der Waals surface area contributed by atoms with E-state index in [0.717, 1.165) is 17.5 Å². The first-order valence-corrected chi connectivity index (χ1v) is 7.80. The molecule has 1 aromatic heterocycles. The Morgan fingerprint density at radius 2 is 1.63 bits per heavy atom. The second-order valence-corrected chi connectivity index (χ2v) is 5.46. The van der Waals surface area contributed by atoms with E-state index >= 15 is 0 Å². The second-order valence-electron chi connectivity index (χ2n) is 5.46. The third kappa shape index (κ3) is 4.17. The highest BCUT2D eigenvalue weighted by Crippen LogP contribution is 2.21. The Balaban J connectivity index is 1.68. The van der Waals surface area contributed by atoms with E-state index in [2.05, 4.69) is 15.6 Å². The van der Waals surface area contributed by atoms with E-state index in [-0.39, 0.29) is 5.82 Å². The SMILES string of the molecule is COc1ccc(Nc2ccc(NC(=O)c3ccc(F)c(F)c3F)nc2)cc1. The quantitative estimate of drug-likeness (QED) is 0.647. The molecule has 138 valence electrons. The molecule has 0 aliphatic heterocycles. The number of carbonyl (C=O) groups excluding carboxylic acids is 1. The predicted molar refractivity (Wildman–Crippen MR) is 94.8 cm³/mol. The fraction of sp³-hybridized carbons (Fsp3) is 0.0526. The van der Waals surface area contributed by atoms with Crippen LogP contribution in [0.25, 0.3) is 0 Å². The summed E-state index contributed by atoms with van der Waals surface area (Å²) in [7, 11) is 1.57. The molecule has 1 heterocycles. The number of nitrogens with one attached hydrogen (secondary N) is 2. The first kappa shape index (κ1) is 18.2. The molecular weight excluding hydrogens is 359 g/mol. The van der Waals surface area contributed by atoms with Crippen molar-refractivity contribution in [3.05, 3.63) is 77.7 Å². The number of pyridine rings is 1. The zero-order chi connectivity index (χ0) is 19.4. The molecule has 0 aliphatic rings. The van der Waals surface area contributed by atoms with Gasteiger partial charge >= 0.3 is 0 Å². The third-order valence-electron chi connectivity index (χ3n) is 3.66. The minimum Gasteiger partial charge on any atom is -0.497 e. The maximum atomic E-state index is 13.7. The van der Waals surface area contributed by atoms with Crippen molar-refractivity contribution in [2.24, 2.45) is 0 Å². The highest BCUT2D eigenvalue weighted by Gasteiger charge is 2.19. The fourth-order valence-corrected chi connectivity index (χ4v) is 2.27. The van der Waals surface area contributed by atoms with E-state index in [0.29, 0.717) is 11.8 Å². The van der Waals surface area contributed by atoms with Crippen molar-refractivity contribution in [2.45, 2.75) is 0 Å². The summed E-state index contributed by atoms with van der Waals surface area (Å²) in [6, 6.07) is 11.9. The Morgan fingerprint density at radius 1 is 0.926 bits per heavy atom. The fourth-order valence-electron chi connectivity index (χ4n) is 2.27. The van der Waals surface area contributed by atoms with Crippen molar-refractivity contribution in [3.8, 4) is 5.75 Å². The van der Waals surface area contributed by atoms with E-state index in [4.69, 9.17) is 4.74 Å². The van der Waals surface area contributed by atoms with Crippen LogP contribution in [0.1, 0.15) is 10.4 Å². The number of nitrogens with zero attached hydrogens (tertiary/aromatic N) is 1. The number of anilines is 3. The monoisotopic (exact) mass is 373 g/mol. The molecule has 0 fully saturated rings. The van der Waals surface area contributed by atoms with Crippen molar-refractivity contribution in [1.29, 1.82) is 0 Å². The van der Waals surface area contributed by atoms with Crippen LogP contribution in [0.2, 0.25) is 0 Å². The van der Waals surface area contributed by atoms with Gasteiger partial charge in [0.15, 0.2) is 17.5 Å². The van der Waals surface area contributed by atoms with Crippen molar-refractivity contribution in [2.75, 3.05) is 17.7 Å². The first-order valence-electron chi connectivity index (χ1n) is 7.80. The molecule has 0 radical (unpaired) electrons. The highest BCUT2D eigenvalue weighted by molar-refractivity contribution is 6.04. The summed E-state index contributed by atoms with van der Waals surface area (Å²) in [5, 5.41) is 5.44. The molecule has 3 rings (SSSR count). The number of methoxy groups -OCH3 is 1. The zero-order valence-corrected chi connectivity index (χ0v) is 14.1. The smallest absolute Gasteiger partial charge is 0.259 e.